The van der Waals surface area contributed by atoms with Gasteiger partial charge < -0.3 is 19.5 Å². The molecule has 1 aromatic rings. The smallest absolute Gasteiger partial charge is 0.341 e. The fraction of sp³-hybridized carbons (Fsp3) is 0.556. The predicted molar refractivity (Wildman–Crippen MR) is 91.3 cm³/mol. The number of rotatable bonds is 11. The Balaban J connectivity index is 2.94. The van der Waals surface area contributed by atoms with E-state index in [4.69, 9.17) is 14.2 Å². The number of amides is 1. The summed E-state index contributed by atoms with van der Waals surface area (Å²) in [7, 11) is 2.97. The third-order valence-electron chi connectivity index (χ3n) is 3.74. The lowest BCUT2D eigenvalue weighted by molar-refractivity contribution is -0.110. The molecule has 1 amide bonds. The fourth-order valence-corrected chi connectivity index (χ4v) is 2.31. The highest BCUT2D eigenvalue weighted by Crippen LogP contribution is 2.23. The number of benzene rings is 1. The van der Waals surface area contributed by atoms with Gasteiger partial charge in [-0.05, 0) is 30.0 Å². The second kappa shape index (κ2) is 10.6. The average molecular weight is 337 g/mol. The lowest BCUT2D eigenvalue weighted by atomic mass is 9.95. The van der Waals surface area contributed by atoms with Gasteiger partial charge in [-0.3, -0.25) is 4.79 Å². The maximum atomic E-state index is 11.9. The number of esters is 1. The number of ether oxygens (including phenoxy) is 3. The van der Waals surface area contributed by atoms with E-state index < -0.39 is 5.97 Å². The van der Waals surface area contributed by atoms with Gasteiger partial charge in [0.15, 0.2) is 0 Å². The van der Waals surface area contributed by atoms with Crippen molar-refractivity contribution in [2.24, 2.45) is 5.92 Å². The number of methoxy groups -OCH3 is 2. The molecule has 6 nitrogen and oxygen atoms in total. The van der Waals surface area contributed by atoms with E-state index in [9.17, 15) is 9.59 Å². The van der Waals surface area contributed by atoms with Gasteiger partial charge in [-0.1, -0.05) is 19.9 Å². The number of nitrogens with one attached hydrogen (secondary N) is 1. The van der Waals surface area contributed by atoms with Crippen molar-refractivity contribution in [2.75, 3.05) is 27.4 Å². The summed E-state index contributed by atoms with van der Waals surface area (Å²) in [6, 6.07) is 5.41. The first-order valence-corrected chi connectivity index (χ1v) is 8.06. The van der Waals surface area contributed by atoms with E-state index in [0.717, 1.165) is 18.4 Å². The maximum Gasteiger partial charge on any atom is 0.341 e. The van der Waals surface area contributed by atoms with E-state index in [1.54, 1.807) is 13.2 Å². The second-order valence-electron chi connectivity index (χ2n) is 5.86. The summed E-state index contributed by atoms with van der Waals surface area (Å²) in [6.45, 7) is 5.13. The summed E-state index contributed by atoms with van der Waals surface area (Å²) in [5.74, 6) is 0.348. The summed E-state index contributed by atoms with van der Waals surface area (Å²) in [4.78, 5) is 22.6. The first-order chi connectivity index (χ1) is 11.5. The molecule has 1 rings (SSSR count). The number of hydrogen-bond donors (Lipinski definition) is 1. The lowest BCUT2D eigenvalue weighted by Crippen LogP contribution is -2.34. The third-order valence-corrected chi connectivity index (χ3v) is 3.74. The summed E-state index contributed by atoms with van der Waals surface area (Å²) in [5, 5.41) is 2.83. The molecule has 0 aromatic heterocycles. The minimum absolute atomic E-state index is 0.0211. The molecule has 0 aliphatic rings. The van der Waals surface area contributed by atoms with Gasteiger partial charge in [-0.15, -0.1) is 0 Å². The lowest BCUT2D eigenvalue weighted by Gasteiger charge is -2.21. The van der Waals surface area contributed by atoms with Crippen LogP contribution >= 0.6 is 0 Å². The normalized spacial score (nSPS) is 11.9. The van der Waals surface area contributed by atoms with Gasteiger partial charge >= 0.3 is 5.97 Å². The molecule has 0 spiro atoms. The molecule has 0 aliphatic heterocycles. The zero-order valence-corrected chi connectivity index (χ0v) is 14.8. The first-order valence-electron chi connectivity index (χ1n) is 8.06. The monoisotopic (exact) mass is 337 g/mol. The molecular formula is C18H27NO5. The van der Waals surface area contributed by atoms with Crippen molar-refractivity contribution >= 4 is 12.4 Å². The van der Waals surface area contributed by atoms with Crippen LogP contribution < -0.4 is 10.1 Å². The average Bonchev–Trinajstić information content (AvgIpc) is 2.57. The van der Waals surface area contributed by atoms with Crippen molar-refractivity contribution in [1.29, 1.82) is 0 Å². The minimum Gasteiger partial charge on any atom is -0.493 e. The van der Waals surface area contributed by atoms with Crippen LogP contribution in [0.5, 0.6) is 5.75 Å². The molecular weight excluding hydrogens is 310 g/mol. The maximum absolute atomic E-state index is 11.9. The van der Waals surface area contributed by atoms with E-state index in [-0.39, 0.29) is 6.04 Å². The van der Waals surface area contributed by atoms with Gasteiger partial charge in [0.25, 0.3) is 0 Å². The SMILES string of the molecule is COCCCOc1cc(CC(NC=O)C(C)C)ccc1C(=O)OC. The Morgan fingerprint density at radius 3 is 2.58 bits per heavy atom. The molecule has 1 unspecified atom stereocenters. The Morgan fingerprint density at radius 1 is 1.25 bits per heavy atom. The van der Waals surface area contributed by atoms with Gasteiger partial charge in [0, 0.05) is 26.2 Å². The van der Waals surface area contributed by atoms with Gasteiger partial charge in [0.05, 0.1) is 13.7 Å². The minimum atomic E-state index is -0.435. The summed E-state index contributed by atoms with van der Waals surface area (Å²) in [6.07, 6.45) is 2.10. The molecule has 24 heavy (non-hydrogen) atoms. The van der Waals surface area contributed by atoms with Gasteiger partial charge in [-0.2, -0.15) is 0 Å². The van der Waals surface area contributed by atoms with E-state index in [1.807, 2.05) is 26.0 Å². The topological polar surface area (TPSA) is 73.9 Å². The molecule has 134 valence electrons. The summed E-state index contributed by atoms with van der Waals surface area (Å²) < 4.78 is 15.5. The van der Waals surface area contributed by atoms with Gasteiger partial charge in [-0.25, -0.2) is 4.79 Å². The van der Waals surface area contributed by atoms with Crippen molar-refractivity contribution in [1.82, 2.24) is 5.32 Å². The molecule has 1 atom stereocenters. The second-order valence-corrected chi connectivity index (χ2v) is 5.86. The van der Waals surface area contributed by atoms with Crippen LogP contribution in [-0.2, 0) is 20.7 Å². The van der Waals surface area contributed by atoms with Crippen molar-refractivity contribution in [3.8, 4) is 5.75 Å². The first kappa shape index (κ1) is 20.0. The Hall–Kier alpha value is -2.08. The summed E-state index contributed by atoms with van der Waals surface area (Å²) in [5.41, 5.74) is 1.38. The van der Waals surface area contributed by atoms with Crippen LogP contribution in [-0.4, -0.2) is 45.9 Å². The number of carbonyl (C=O) groups excluding carboxylic acids is 2. The molecule has 6 heteroatoms. The highest BCUT2D eigenvalue weighted by atomic mass is 16.5. The molecule has 1 N–H and O–H groups in total. The Kier molecular flexibility index (Phi) is 8.86. The van der Waals surface area contributed by atoms with Gasteiger partial charge in [0.2, 0.25) is 6.41 Å². The van der Waals surface area contributed by atoms with Gasteiger partial charge in [0.1, 0.15) is 11.3 Å². The molecule has 0 radical (unpaired) electrons. The van der Waals surface area contributed by atoms with Crippen molar-refractivity contribution < 1.29 is 23.8 Å². The van der Waals surface area contributed by atoms with E-state index in [2.05, 4.69) is 5.32 Å². The van der Waals surface area contributed by atoms with Crippen LogP contribution in [0.1, 0.15) is 36.2 Å². The van der Waals surface area contributed by atoms with Crippen LogP contribution in [0.3, 0.4) is 0 Å². The van der Waals surface area contributed by atoms with Crippen molar-refractivity contribution in [2.45, 2.75) is 32.7 Å². The highest BCUT2D eigenvalue weighted by Gasteiger charge is 2.17. The molecule has 0 bridgehead atoms. The Labute approximate surface area is 143 Å². The van der Waals surface area contributed by atoms with Crippen LogP contribution in [0, 0.1) is 5.92 Å². The van der Waals surface area contributed by atoms with Crippen molar-refractivity contribution in [3.63, 3.8) is 0 Å². The van der Waals surface area contributed by atoms with E-state index in [1.165, 1.54) is 7.11 Å². The third kappa shape index (κ3) is 6.20. The fourth-order valence-electron chi connectivity index (χ4n) is 2.31. The van der Waals surface area contributed by atoms with E-state index >= 15 is 0 Å². The molecule has 0 saturated carbocycles. The predicted octanol–water partition coefficient (Wildman–Crippen LogP) is 2.20. The standard InChI is InChI=1S/C18H27NO5/c1-13(2)16(19-12-20)10-14-6-7-15(18(21)23-4)17(11-14)24-9-5-8-22-3/h6-7,11-13,16H,5,8-10H2,1-4H3,(H,19,20). The largest absolute Gasteiger partial charge is 0.493 e. The van der Waals surface area contributed by atoms with Crippen molar-refractivity contribution in [3.05, 3.63) is 29.3 Å². The quantitative estimate of drug-likeness (QED) is 0.381. The van der Waals surface area contributed by atoms with Crippen LogP contribution in [0.25, 0.3) is 0 Å². The van der Waals surface area contributed by atoms with Crippen LogP contribution in [0.4, 0.5) is 0 Å². The zero-order valence-electron chi connectivity index (χ0n) is 14.8. The molecule has 1 aromatic carbocycles. The van der Waals surface area contributed by atoms with E-state index in [0.29, 0.717) is 36.9 Å². The van der Waals surface area contributed by atoms with Crippen LogP contribution in [0.15, 0.2) is 18.2 Å². The molecule has 0 heterocycles. The Bertz CT molecular complexity index is 530. The number of carbonyl (C=O) groups is 2. The zero-order chi connectivity index (χ0) is 17.9. The molecule has 0 saturated heterocycles. The molecule has 0 aliphatic carbocycles. The Morgan fingerprint density at radius 2 is 2.00 bits per heavy atom. The highest BCUT2D eigenvalue weighted by molar-refractivity contribution is 5.92. The number of hydrogen-bond acceptors (Lipinski definition) is 5. The van der Waals surface area contributed by atoms with Crippen LogP contribution in [0.2, 0.25) is 0 Å². The summed E-state index contributed by atoms with van der Waals surface area (Å²) >= 11 is 0. The molecule has 0 fully saturated rings.